The number of rotatable bonds is 9. The molecular formula is C15H33NO2. The Hall–Kier alpha value is -0.570. The van der Waals surface area contributed by atoms with E-state index >= 15 is 0 Å². The molecule has 0 amide bonds. The van der Waals surface area contributed by atoms with E-state index in [1.807, 2.05) is 0 Å². The lowest BCUT2D eigenvalue weighted by Crippen LogP contribution is -2.35. The number of aliphatic carboxylic acids is 1. The minimum absolute atomic E-state index is 0.181. The summed E-state index contributed by atoms with van der Waals surface area (Å²) in [5, 5.41) is 9.49. The van der Waals surface area contributed by atoms with Crippen molar-refractivity contribution in [2.75, 3.05) is 27.7 Å². The molecule has 110 valence electrons. The van der Waals surface area contributed by atoms with Gasteiger partial charge in [-0.15, -0.1) is 0 Å². The fourth-order valence-corrected chi connectivity index (χ4v) is 1.57. The Morgan fingerprint density at radius 1 is 0.889 bits per heavy atom. The molecule has 0 N–H and O–H groups in total. The topological polar surface area (TPSA) is 40.1 Å². The summed E-state index contributed by atoms with van der Waals surface area (Å²) in [7, 11) is 6.81. The third kappa shape index (κ3) is 24.6. The van der Waals surface area contributed by atoms with E-state index in [9.17, 15) is 9.90 Å². The summed E-state index contributed by atoms with van der Waals surface area (Å²) in [5.41, 5.74) is 0. The van der Waals surface area contributed by atoms with Gasteiger partial charge in [0.05, 0.1) is 27.7 Å². The molecule has 3 heteroatoms. The Morgan fingerprint density at radius 2 is 1.39 bits per heavy atom. The minimum atomic E-state index is -0.961. The molecule has 0 aliphatic heterocycles. The van der Waals surface area contributed by atoms with Crippen molar-refractivity contribution in [2.24, 2.45) is 0 Å². The van der Waals surface area contributed by atoms with Gasteiger partial charge in [-0.25, -0.2) is 0 Å². The zero-order valence-electron chi connectivity index (χ0n) is 13.1. The average Bonchev–Trinajstić information content (AvgIpc) is 2.22. The molecule has 0 saturated heterocycles. The number of hydrogen-bond donors (Lipinski definition) is 0. The van der Waals surface area contributed by atoms with Crippen LogP contribution in [0.2, 0.25) is 0 Å². The lowest BCUT2D eigenvalue weighted by atomic mass is 10.1. The van der Waals surface area contributed by atoms with Gasteiger partial charge in [-0.1, -0.05) is 46.0 Å². The van der Waals surface area contributed by atoms with E-state index in [1.165, 1.54) is 45.1 Å². The van der Waals surface area contributed by atoms with Crippen LogP contribution in [0.3, 0.4) is 0 Å². The summed E-state index contributed by atoms with van der Waals surface area (Å²) in [4.78, 5) is 9.49. The van der Waals surface area contributed by atoms with Gasteiger partial charge in [0.25, 0.3) is 0 Å². The van der Waals surface area contributed by atoms with Gasteiger partial charge in [0.15, 0.2) is 0 Å². The Kier molecular flexibility index (Phi) is 14.1. The Labute approximate surface area is 114 Å². The lowest BCUT2D eigenvalue weighted by molar-refractivity contribution is -0.870. The van der Waals surface area contributed by atoms with E-state index in [-0.39, 0.29) is 6.42 Å². The summed E-state index contributed by atoms with van der Waals surface area (Å²) in [5.74, 6) is -0.961. The maximum atomic E-state index is 9.49. The van der Waals surface area contributed by atoms with E-state index in [4.69, 9.17) is 0 Å². The SMILES string of the molecule is CCCC(=O)[O-].CCCCCCCC[N+](C)(C)C. The van der Waals surface area contributed by atoms with E-state index in [0.29, 0.717) is 6.42 Å². The van der Waals surface area contributed by atoms with Crippen molar-refractivity contribution in [3.63, 3.8) is 0 Å². The molecule has 3 nitrogen and oxygen atoms in total. The molecule has 0 radical (unpaired) electrons. The summed E-state index contributed by atoms with van der Waals surface area (Å²) in [6.07, 6.45) is 9.33. The Bertz CT molecular complexity index is 185. The second-order valence-corrected chi connectivity index (χ2v) is 5.90. The molecule has 0 atom stereocenters. The van der Waals surface area contributed by atoms with Crippen molar-refractivity contribution in [2.45, 2.75) is 65.2 Å². The number of carboxylic acids is 1. The normalized spacial score (nSPS) is 10.7. The molecule has 0 saturated carbocycles. The van der Waals surface area contributed by atoms with E-state index < -0.39 is 5.97 Å². The fraction of sp³-hybridized carbons (Fsp3) is 0.933. The molecule has 0 bridgehead atoms. The van der Waals surface area contributed by atoms with Gasteiger partial charge in [-0.3, -0.25) is 0 Å². The standard InChI is InChI=1S/C11H26N.C4H8O2/c1-5-6-7-8-9-10-11-12(2,3)4;1-2-3-4(5)6/h5-11H2,1-4H3;2-3H2,1H3,(H,5,6)/q+1;/p-1. The maximum absolute atomic E-state index is 9.49. The molecule has 0 aromatic heterocycles. The number of nitrogens with zero attached hydrogens (tertiary/aromatic N) is 1. The highest BCUT2D eigenvalue weighted by atomic mass is 16.4. The van der Waals surface area contributed by atoms with Crippen molar-refractivity contribution in [1.82, 2.24) is 0 Å². The molecule has 0 rings (SSSR count). The molecule has 0 unspecified atom stereocenters. The van der Waals surface area contributed by atoms with Crippen molar-refractivity contribution < 1.29 is 14.4 Å². The Morgan fingerprint density at radius 3 is 1.72 bits per heavy atom. The first-order valence-corrected chi connectivity index (χ1v) is 7.33. The van der Waals surface area contributed by atoms with Crippen LogP contribution in [-0.2, 0) is 4.79 Å². The zero-order chi connectivity index (χ0) is 14.4. The molecule has 18 heavy (non-hydrogen) atoms. The van der Waals surface area contributed by atoms with Crippen molar-refractivity contribution in [1.29, 1.82) is 0 Å². The van der Waals surface area contributed by atoms with Crippen LogP contribution in [0.4, 0.5) is 0 Å². The average molecular weight is 259 g/mol. The fourth-order valence-electron chi connectivity index (χ4n) is 1.57. The van der Waals surface area contributed by atoms with Crippen LogP contribution in [0.25, 0.3) is 0 Å². The predicted octanol–water partition coefficient (Wildman–Crippen LogP) is 2.59. The molecule has 0 aliphatic carbocycles. The Balaban J connectivity index is 0. The molecule has 0 fully saturated rings. The van der Waals surface area contributed by atoms with Crippen LogP contribution in [0.5, 0.6) is 0 Å². The van der Waals surface area contributed by atoms with E-state index in [1.54, 1.807) is 6.92 Å². The predicted molar refractivity (Wildman–Crippen MR) is 76.2 cm³/mol. The summed E-state index contributed by atoms with van der Waals surface area (Å²) < 4.78 is 1.12. The summed E-state index contributed by atoms with van der Waals surface area (Å²) in [6.45, 7) is 5.40. The highest BCUT2D eigenvalue weighted by Crippen LogP contribution is 2.06. The second-order valence-electron chi connectivity index (χ2n) is 5.90. The highest BCUT2D eigenvalue weighted by molar-refractivity contribution is 5.63. The lowest BCUT2D eigenvalue weighted by Gasteiger charge is -2.23. The number of hydrogen-bond acceptors (Lipinski definition) is 2. The molecule has 0 heterocycles. The quantitative estimate of drug-likeness (QED) is 0.472. The largest absolute Gasteiger partial charge is 0.550 e. The molecule has 0 aromatic carbocycles. The van der Waals surface area contributed by atoms with Crippen LogP contribution in [-0.4, -0.2) is 38.1 Å². The van der Waals surface area contributed by atoms with Gasteiger partial charge in [0.1, 0.15) is 0 Å². The number of carboxylic acid groups (broad SMARTS) is 1. The number of carbonyl (C=O) groups excluding carboxylic acids is 1. The summed E-state index contributed by atoms with van der Waals surface area (Å²) in [6, 6.07) is 0. The molecular weight excluding hydrogens is 226 g/mol. The van der Waals surface area contributed by atoms with Gasteiger partial charge >= 0.3 is 0 Å². The smallest absolute Gasteiger partial charge is 0.0780 e. The van der Waals surface area contributed by atoms with Gasteiger partial charge in [-0.05, 0) is 19.3 Å². The minimum Gasteiger partial charge on any atom is -0.550 e. The van der Waals surface area contributed by atoms with Gasteiger partial charge < -0.3 is 14.4 Å². The number of unbranched alkanes of at least 4 members (excludes halogenated alkanes) is 5. The highest BCUT2D eigenvalue weighted by Gasteiger charge is 2.04. The molecule has 0 aliphatic rings. The number of quaternary nitrogens is 1. The monoisotopic (exact) mass is 259 g/mol. The van der Waals surface area contributed by atoms with E-state index in [0.717, 1.165) is 4.48 Å². The number of carbonyl (C=O) groups is 1. The van der Waals surface area contributed by atoms with Crippen LogP contribution >= 0.6 is 0 Å². The first-order chi connectivity index (χ1) is 8.33. The van der Waals surface area contributed by atoms with Crippen molar-refractivity contribution >= 4 is 5.97 Å². The third-order valence-electron chi connectivity index (χ3n) is 2.64. The third-order valence-corrected chi connectivity index (χ3v) is 2.64. The van der Waals surface area contributed by atoms with Crippen molar-refractivity contribution in [3.8, 4) is 0 Å². The van der Waals surface area contributed by atoms with Crippen LogP contribution in [0.15, 0.2) is 0 Å². The van der Waals surface area contributed by atoms with Crippen LogP contribution in [0, 0.1) is 0 Å². The molecule has 0 aromatic rings. The first kappa shape index (κ1) is 19.8. The van der Waals surface area contributed by atoms with Gasteiger partial charge in [0, 0.05) is 5.97 Å². The first-order valence-electron chi connectivity index (χ1n) is 7.33. The van der Waals surface area contributed by atoms with Crippen LogP contribution in [0.1, 0.15) is 65.2 Å². The van der Waals surface area contributed by atoms with Crippen LogP contribution < -0.4 is 5.11 Å². The van der Waals surface area contributed by atoms with Gasteiger partial charge in [-0.2, -0.15) is 0 Å². The van der Waals surface area contributed by atoms with E-state index in [2.05, 4.69) is 28.1 Å². The second kappa shape index (κ2) is 12.9. The van der Waals surface area contributed by atoms with Crippen molar-refractivity contribution in [3.05, 3.63) is 0 Å². The summed E-state index contributed by atoms with van der Waals surface area (Å²) >= 11 is 0. The zero-order valence-corrected chi connectivity index (χ0v) is 13.1. The maximum Gasteiger partial charge on any atom is 0.0780 e. The van der Waals surface area contributed by atoms with Gasteiger partial charge in [0.2, 0.25) is 0 Å². The molecule has 0 spiro atoms.